The smallest absolute Gasteiger partial charge is 0.267 e. The number of hydrogen-bond acceptors (Lipinski definition) is 3. The fraction of sp³-hybridized carbons (Fsp3) is 1.00. The average Bonchev–Trinajstić information content (AvgIpc) is 1.67. The van der Waals surface area contributed by atoms with E-state index in [1.807, 2.05) is 0 Å². The minimum absolute atomic E-state index is 0. The van der Waals surface area contributed by atoms with Crippen molar-refractivity contribution in [2.45, 2.75) is 13.3 Å². The van der Waals surface area contributed by atoms with E-state index in [2.05, 4.69) is 4.18 Å². The van der Waals surface area contributed by atoms with E-state index in [1.165, 1.54) is 7.11 Å². The van der Waals surface area contributed by atoms with Crippen LogP contribution in [0.4, 0.5) is 0 Å². The Morgan fingerprint density at radius 2 is 1.89 bits per heavy atom. The van der Waals surface area contributed by atoms with Crippen LogP contribution in [0.25, 0.3) is 0 Å². The van der Waals surface area contributed by atoms with Gasteiger partial charge in [0, 0.05) is 18.9 Å². The normalized spacial score (nSPS) is 10.4. The third-order valence-corrected chi connectivity index (χ3v) is 2.12. The van der Waals surface area contributed by atoms with Crippen LogP contribution in [-0.2, 0) is 14.3 Å². The summed E-state index contributed by atoms with van der Waals surface area (Å²) < 4.78 is 24.9. The molecule has 0 atom stereocenters. The summed E-state index contributed by atoms with van der Waals surface area (Å²) in [6, 6.07) is 0. The maximum absolute atomic E-state index is 10.4. The number of hydrogen-bond donors (Lipinski definition) is 0. The Bertz CT molecular complexity index is 140. The van der Waals surface area contributed by atoms with Crippen LogP contribution in [0.5, 0.6) is 0 Å². The SMILES string of the molecule is CCCS(=O)(=O)OC.[Li]. The molecule has 0 bridgehead atoms. The van der Waals surface area contributed by atoms with Gasteiger partial charge in [-0.3, -0.25) is 4.18 Å². The van der Waals surface area contributed by atoms with Gasteiger partial charge in [-0.05, 0) is 6.42 Å². The minimum atomic E-state index is -3.17. The first kappa shape index (κ1) is 12.2. The first-order chi connectivity index (χ1) is 3.62. The maximum Gasteiger partial charge on any atom is 0.267 e. The molecule has 0 aromatic carbocycles. The second-order valence-corrected chi connectivity index (χ2v) is 3.29. The van der Waals surface area contributed by atoms with Crippen molar-refractivity contribution in [3.05, 3.63) is 0 Å². The molecule has 0 aromatic rings. The molecule has 3 nitrogen and oxygen atoms in total. The largest absolute Gasteiger partial charge is 0.273 e. The molecule has 0 rings (SSSR count). The third kappa shape index (κ3) is 6.39. The van der Waals surface area contributed by atoms with Crippen molar-refractivity contribution in [3.8, 4) is 0 Å². The van der Waals surface area contributed by atoms with Gasteiger partial charge in [0.1, 0.15) is 0 Å². The van der Waals surface area contributed by atoms with Crippen molar-refractivity contribution in [1.82, 2.24) is 0 Å². The van der Waals surface area contributed by atoms with Crippen LogP contribution in [0.15, 0.2) is 0 Å². The van der Waals surface area contributed by atoms with Crippen molar-refractivity contribution in [1.29, 1.82) is 0 Å². The van der Waals surface area contributed by atoms with E-state index >= 15 is 0 Å². The third-order valence-electron chi connectivity index (χ3n) is 0.708. The second kappa shape index (κ2) is 5.30. The molecule has 1 radical (unpaired) electrons. The summed E-state index contributed by atoms with van der Waals surface area (Å²) in [6.45, 7) is 1.79. The van der Waals surface area contributed by atoms with Gasteiger partial charge in [0.25, 0.3) is 10.1 Å². The average molecular weight is 145 g/mol. The van der Waals surface area contributed by atoms with Crippen LogP contribution in [0.1, 0.15) is 13.3 Å². The second-order valence-electron chi connectivity index (χ2n) is 1.43. The van der Waals surface area contributed by atoms with Crippen LogP contribution in [0.3, 0.4) is 0 Å². The Labute approximate surface area is 68.1 Å². The number of rotatable bonds is 3. The predicted molar refractivity (Wildman–Crippen MR) is 36.8 cm³/mol. The van der Waals surface area contributed by atoms with Crippen LogP contribution in [0.2, 0.25) is 0 Å². The molecule has 0 aliphatic rings. The van der Waals surface area contributed by atoms with Crippen molar-refractivity contribution in [3.63, 3.8) is 0 Å². The van der Waals surface area contributed by atoms with Crippen LogP contribution in [-0.4, -0.2) is 40.1 Å². The summed E-state index contributed by atoms with van der Waals surface area (Å²) in [6.07, 6.45) is 0.607. The van der Waals surface area contributed by atoms with Crippen LogP contribution in [0, 0.1) is 0 Å². The summed E-state index contributed by atoms with van der Waals surface area (Å²) >= 11 is 0. The zero-order valence-electron chi connectivity index (χ0n) is 6.05. The molecule has 5 heteroatoms. The molecule has 0 amide bonds. The van der Waals surface area contributed by atoms with Crippen molar-refractivity contribution in [2.24, 2.45) is 0 Å². The Hall–Kier alpha value is 0.507. The Morgan fingerprint density at radius 3 is 2.00 bits per heavy atom. The van der Waals surface area contributed by atoms with Gasteiger partial charge in [0.05, 0.1) is 12.9 Å². The topological polar surface area (TPSA) is 43.4 Å². The van der Waals surface area contributed by atoms with Crippen LogP contribution >= 0.6 is 0 Å². The molecule has 0 N–H and O–H groups in total. The summed E-state index contributed by atoms with van der Waals surface area (Å²) in [5, 5.41) is 0. The standard InChI is InChI=1S/C4H10O3S.Li/c1-3-4-8(5,6)7-2;/h3-4H2,1-2H3;. The van der Waals surface area contributed by atoms with Crippen molar-refractivity contribution >= 4 is 29.0 Å². The Morgan fingerprint density at radius 1 is 1.44 bits per heavy atom. The van der Waals surface area contributed by atoms with Crippen molar-refractivity contribution < 1.29 is 12.6 Å². The van der Waals surface area contributed by atoms with Gasteiger partial charge < -0.3 is 0 Å². The summed E-state index contributed by atoms with van der Waals surface area (Å²) in [5.74, 6) is 0.115. The Kier molecular flexibility index (Phi) is 7.20. The minimum Gasteiger partial charge on any atom is -0.273 e. The van der Waals surface area contributed by atoms with E-state index in [4.69, 9.17) is 0 Å². The van der Waals surface area contributed by atoms with E-state index in [1.54, 1.807) is 6.92 Å². The van der Waals surface area contributed by atoms with Gasteiger partial charge >= 0.3 is 0 Å². The predicted octanol–water partition coefficient (Wildman–Crippen LogP) is -0.00820. The molecule has 0 aliphatic carbocycles. The molecule has 0 aliphatic heterocycles. The monoisotopic (exact) mass is 145 g/mol. The van der Waals surface area contributed by atoms with Gasteiger partial charge in [-0.1, -0.05) is 6.92 Å². The van der Waals surface area contributed by atoms with Gasteiger partial charge in [0.2, 0.25) is 0 Å². The molecular weight excluding hydrogens is 135 g/mol. The van der Waals surface area contributed by atoms with Gasteiger partial charge in [-0.2, -0.15) is 8.42 Å². The molecule has 0 spiro atoms. The zero-order valence-corrected chi connectivity index (χ0v) is 6.86. The van der Waals surface area contributed by atoms with E-state index in [-0.39, 0.29) is 24.6 Å². The quantitative estimate of drug-likeness (QED) is 0.414. The first-order valence-electron chi connectivity index (χ1n) is 2.40. The van der Waals surface area contributed by atoms with E-state index in [0.717, 1.165) is 0 Å². The fourth-order valence-electron chi connectivity index (χ4n) is 0.333. The first-order valence-corrected chi connectivity index (χ1v) is 3.98. The van der Waals surface area contributed by atoms with Gasteiger partial charge in [-0.15, -0.1) is 0 Å². The Balaban J connectivity index is 0. The zero-order chi connectivity index (χ0) is 6.62. The van der Waals surface area contributed by atoms with Gasteiger partial charge in [0.15, 0.2) is 0 Å². The van der Waals surface area contributed by atoms with E-state index in [0.29, 0.717) is 6.42 Å². The van der Waals surface area contributed by atoms with Gasteiger partial charge in [-0.25, -0.2) is 0 Å². The summed E-state index contributed by atoms with van der Waals surface area (Å²) in [4.78, 5) is 0. The molecule has 51 valence electrons. The van der Waals surface area contributed by atoms with Crippen molar-refractivity contribution in [2.75, 3.05) is 12.9 Å². The molecule has 0 saturated heterocycles. The van der Waals surface area contributed by atoms with E-state index in [9.17, 15) is 8.42 Å². The summed E-state index contributed by atoms with van der Waals surface area (Å²) in [5.41, 5.74) is 0. The fourth-order valence-corrected chi connectivity index (χ4v) is 1.000. The summed E-state index contributed by atoms with van der Waals surface area (Å²) in [7, 11) is -2.00. The molecule has 9 heavy (non-hydrogen) atoms. The molecule has 0 heterocycles. The molecule has 0 fully saturated rings. The van der Waals surface area contributed by atoms with E-state index < -0.39 is 10.1 Å². The molecule has 0 saturated carbocycles. The maximum atomic E-state index is 10.4. The van der Waals surface area contributed by atoms with Crippen LogP contribution < -0.4 is 0 Å². The molecule has 0 unspecified atom stereocenters. The molecule has 0 aromatic heterocycles. The molecular formula is C4H10LiO3S.